The average molecular weight is 471 g/mol. The third-order valence-electron chi connectivity index (χ3n) is 6.51. The normalized spacial score (nSPS) is 26.6. The van der Waals surface area contributed by atoms with Crippen molar-refractivity contribution in [1.29, 1.82) is 0 Å². The number of carbonyl (C=O) groups is 2. The number of ether oxygens (including phenoxy) is 7. The highest BCUT2D eigenvalue weighted by molar-refractivity contribution is 5.79. The zero-order chi connectivity index (χ0) is 24.9. The summed E-state index contributed by atoms with van der Waals surface area (Å²) in [5.41, 5.74) is 1.71. The summed E-state index contributed by atoms with van der Waals surface area (Å²) in [4.78, 5) is 25.5. The topological polar surface area (TPSA) is 98.8 Å². The van der Waals surface area contributed by atoms with Gasteiger partial charge in [0.15, 0.2) is 23.0 Å². The van der Waals surface area contributed by atoms with E-state index < -0.39 is 35.8 Å². The number of rotatable bonds is 6. The molecule has 0 radical (unpaired) electrons. The third-order valence-corrected chi connectivity index (χ3v) is 6.51. The molecular formula is C25H26O9. The van der Waals surface area contributed by atoms with E-state index >= 15 is 0 Å². The van der Waals surface area contributed by atoms with Gasteiger partial charge in [-0.15, -0.1) is 0 Å². The summed E-state index contributed by atoms with van der Waals surface area (Å²) in [5, 5.41) is 0. The van der Waals surface area contributed by atoms with E-state index in [2.05, 4.69) is 0 Å². The van der Waals surface area contributed by atoms with E-state index in [0.29, 0.717) is 45.4 Å². The molecule has 5 rings (SSSR count). The van der Waals surface area contributed by atoms with E-state index in [1.165, 1.54) is 21.3 Å². The monoisotopic (exact) mass is 471 g/mol. The Hall–Kier alpha value is -3.62. The Balaban J connectivity index is 1.78. The van der Waals surface area contributed by atoms with Crippen molar-refractivity contribution in [2.24, 2.45) is 11.8 Å². The summed E-state index contributed by atoms with van der Waals surface area (Å²) < 4.78 is 48.2. The molecule has 0 aromatic heterocycles. The Morgan fingerprint density at radius 1 is 1.00 bits per heavy atom. The molecule has 0 spiro atoms. The first-order valence-electron chi connectivity index (χ1n) is 11.5. The van der Waals surface area contributed by atoms with Gasteiger partial charge in [-0.1, -0.05) is 6.92 Å². The number of cyclic esters (lactones) is 1. The maximum Gasteiger partial charge on any atom is 0.310 e. The smallest absolute Gasteiger partial charge is 0.310 e. The molecule has 4 atom stereocenters. The van der Waals surface area contributed by atoms with E-state index in [9.17, 15) is 11.0 Å². The minimum absolute atomic E-state index is 0.0295. The van der Waals surface area contributed by atoms with Crippen LogP contribution in [0.25, 0.3) is 0 Å². The summed E-state index contributed by atoms with van der Waals surface area (Å²) in [5.74, 6) is -0.941. The highest BCUT2D eigenvalue weighted by Crippen LogP contribution is 2.56. The molecule has 2 aromatic rings. The Kier molecular flexibility index (Phi) is 5.31. The van der Waals surface area contributed by atoms with E-state index in [1.807, 2.05) is 0 Å². The lowest BCUT2D eigenvalue weighted by atomic mass is 9.66. The van der Waals surface area contributed by atoms with Gasteiger partial charge in [0.25, 0.3) is 0 Å². The van der Waals surface area contributed by atoms with Crippen molar-refractivity contribution in [1.82, 2.24) is 0 Å². The van der Waals surface area contributed by atoms with Crippen molar-refractivity contribution in [3.05, 3.63) is 41.0 Å². The predicted octanol–water partition coefficient (Wildman–Crippen LogP) is 3.37. The van der Waals surface area contributed by atoms with Crippen LogP contribution in [-0.4, -0.2) is 46.7 Å². The first-order valence-corrected chi connectivity index (χ1v) is 11.0. The van der Waals surface area contributed by atoms with E-state index in [1.54, 1.807) is 31.2 Å². The van der Waals surface area contributed by atoms with Gasteiger partial charge in [-0.05, 0) is 35.4 Å². The molecular weight excluding hydrogens is 444 g/mol. The predicted molar refractivity (Wildman–Crippen MR) is 118 cm³/mol. The van der Waals surface area contributed by atoms with Crippen LogP contribution in [0, 0.1) is 11.8 Å². The minimum Gasteiger partial charge on any atom is -0.493 e. The summed E-state index contributed by atoms with van der Waals surface area (Å²) in [7, 11) is 4.54. The quantitative estimate of drug-likeness (QED) is 0.587. The van der Waals surface area contributed by atoms with E-state index in [4.69, 9.17) is 33.2 Å². The number of hydrogen-bond donors (Lipinski definition) is 0. The molecule has 0 saturated carbocycles. The lowest BCUT2D eigenvalue weighted by molar-refractivity contribution is -0.154. The SMILES string of the molecule is [2H][C@@]1(OC(=O)CC)c2cc3c(cc2[C@@H](c2cc(OC)c(OC)c(OC)c2)[C@@H]2C(=O)OC[C@@H]21)OCO3. The Labute approximate surface area is 198 Å². The Morgan fingerprint density at radius 3 is 2.24 bits per heavy atom. The van der Waals surface area contributed by atoms with E-state index in [0.717, 1.165) is 0 Å². The van der Waals surface area contributed by atoms with Crippen LogP contribution in [-0.2, 0) is 19.1 Å². The Bertz CT molecular complexity index is 1170. The van der Waals surface area contributed by atoms with Crippen LogP contribution in [0.4, 0.5) is 0 Å². The molecule has 34 heavy (non-hydrogen) atoms. The minimum atomic E-state index is -1.85. The average Bonchev–Trinajstić information content (AvgIpc) is 3.49. The molecule has 1 aliphatic carbocycles. The van der Waals surface area contributed by atoms with Crippen LogP contribution in [0.3, 0.4) is 0 Å². The van der Waals surface area contributed by atoms with E-state index in [-0.39, 0.29) is 19.8 Å². The van der Waals surface area contributed by atoms with Crippen LogP contribution in [0.1, 0.15) is 43.4 Å². The molecule has 9 heteroatoms. The number of esters is 2. The first kappa shape index (κ1) is 20.9. The fourth-order valence-corrected chi connectivity index (χ4v) is 4.96. The zero-order valence-corrected chi connectivity index (χ0v) is 19.3. The maximum absolute atomic E-state index is 13.1. The summed E-state index contributed by atoms with van der Waals surface area (Å²) in [6.07, 6.45) is -1.76. The van der Waals surface area contributed by atoms with Gasteiger partial charge in [-0.3, -0.25) is 9.59 Å². The van der Waals surface area contributed by atoms with Gasteiger partial charge < -0.3 is 33.2 Å². The zero-order valence-electron chi connectivity index (χ0n) is 20.3. The standard InChI is InChI=1S/C25H26O9/c1-5-20(26)34-23-14-9-17-16(32-11-33-17)8-13(14)21(22-15(23)10-31-25(22)27)12-6-18(28-2)24(30-4)19(7-12)29-3/h6-9,15,21-23H,5,10-11H2,1-4H3/t15-,21+,22+,23+/m0/s1/i23D. The number of benzene rings is 2. The molecule has 2 aromatic carbocycles. The lowest BCUT2D eigenvalue weighted by Crippen LogP contribution is -2.36. The summed E-state index contributed by atoms with van der Waals surface area (Å²) in [6, 6.07) is 6.96. The van der Waals surface area contributed by atoms with Gasteiger partial charge in [-0.25, -0.2) is 0 Å². The number of carbonyl (C=O) groups excluding carboxylic acids is 2. The second kappa shape index (κ2) is 8.62. The van der Waals surface area contributed by atoms with Gasteiger partial charge in [0, 0.05) is 23.8 Å². The molecule has 2 aliphatic heterocycles. The van der Waals surface area contributed by atoms with Gasteiger partial charge in [0.05, 0.1) is 35.2 Å². The summed E-state index contributed by atoms with van der Waals surface area (Å²) in [6.45, 7) is 1.63. The summed E-state index contributed by atoms with van der Waals surface area (Å²) >= 11 is 0. The van der Waals surface area contributed by atoms with Gasteiger partial charge in [0.1, 0.15) is 6.08 Å². The van der Waals surface area contributed by atoms with Crippen molar-refractivity contribution in [2.75, 3.05) is 34.7 Å². The maximum atomic E-state index is 13.1. The second-order valence-electron chi connectivity index (χ2n) is 8.18. The van der Waals surface area contributed by atoms with Crippen molar-refractivity contribution in [3.63, 3.8) is 0 Å². The van der Waals surface area contributed by atoms with Gasteiger partial charge in [0.2, 0.25) is 12.5 Å². The molecule has 0 N–H and O–H groups in total. The van der Waals surface area contributed by atoms with Crippen molar-refractivity contribution < 1.29 is 44.1 Å². The first-order chi connectivity index (χ1) is 16.9. The van der Waals surface area contributed by atoms with Crippen LogP contribution in [0.5, 0.6) is 28.7 Å². The third kappa shape index (κ3) is 3.38. The molecule has 2 heterocycles. The van der Waals surface area contributed by atoms with Crippen LogP contribution in [0.15, 0.2) is 24.3 Å². The Morgan fingerprint density at radius 2 is 1.65 bits per heavy atom. The molecule has 3 aliphatic rings. The largest absolute Gasteiger partial charge is 0.493 e. The molecule has 0 amide bonds. The van der Waals surface area contributed by atoms with Crippen LogP contribution < -0.4 is 23.7 Å². The highest BCUT2D eigenvalue weighted by atomic mass is 16.7. The van der Waals surface area contributed by atoms with Gasteiger partial charge in [-0.2, -0.15) is 0 Å². The van der Waals surface area contributed by atoms with Gasteiger partial charge >= 0.3 is 11.9 Å². The molecule has 1 fully saturated rings. The van der Waals surface area contributed by atoms with Crippen molar-refractivity contribution >= 4 is 11.9 Å². The molecule has 180 valence electrons. The fourth-order valence-electron chi connectivity index (χ4n) is 4.96. The number of methoxy groups -OCH3 is 3. The number of fused-ring (bicyclic) bond motifs is 3. The lowest BCUT2D eigenvalue weighted by Gasteiger charge is -2.38. The van der Waals surface area contributed by atoms with Crippen molar-refractivity contribution in [3.8, 4) is 28.7 Å². The molecule has 0 bridgehead atoms. The van der Waals surface area contributed by atoms with Crippen molar-refractivity contribution in [2.45, 2.75) is 25.3 Å². The second-order valence-corrected chi connectivity index (χ2v) is 8.18. The van der Waals surface area contributed by atoms with Crippen LogP contribution >= 0.6 is 0 Å². The van der Waals surface area contributed by atoms with Crippen LogP contribution in [0.2, 0.25) is 0 Å². The number of hydrogen-bond acceptors (Lipinski definition) is 9. The molecule has 9 nitrogen and oxygen atoms in total. The molecule has 0 unspecified atom stereocenters. The molecule has 1 saturated heterocycles. The highest BCUT2D eigenvalue weighted by Gasteiger charge is 2.54. The fraction of sp³-hybridized carbons (Fsp3) is 0.440.